The minimum atomic E-state index is -4.10. The molecule has 0 N–H and O–H groups in total. The first kappa shape index (κ1) is 13.3. The molecule has 0 rings (SSSR count). The van der Waals surface area contributed by atoms with Crippen LogP contribution in [0.5, 0.6) is 0 Å². The summed E-state index contributed by atoms with van der Waals surface area (Å²) in [6, 6.07) is 0. The lowest BCUT2D eigenvalue weighted by Gasteiger charge is -2.10. The van der Waals surface area contributed by atoms with Crippen LogP contribution in [0.2, 0.25) is 0 Å². The smallest absolute Gasteiger partial charge is 0.400 e. The third kappa shape index (κ3) is 5.15. The van der Waals surface area contributed by atoms with Gasteiger partial charge >= 0.3 is 16.4 Å². The van der Waals surface area contributed by atoms with Gasteiger partial charge in [-0.1, -0.05) is 0 Å². The average Bonchev–Trinajstić information content (AvgIpc) is 2.03. The Morgan fingerprint density at radius 1 is 1.29 bits per heavy atom. The zero-order valence-corrected chi connectivity index (χ0v) is 9.17. The summed E-state index contributed by atoms with van der Waals surface area (Å²) in [7, 11) is -4.10. The van der Waals surface area contributed by atoms with Gasteiger partial charge in [0.1, 0.15) is 0 Å². The van der Waals surface area contributed by atoms with Gasteiger partial charge in [-0.15, -0.1) is 0 Å². The van der Waals surface area contributed by atoms with Crippen molar-refractivity contribution in [2.24, 2.45) is 0 Å². The molecule has 0 fully saturated rings. The predicted octanol–water partition coefficient (Wildman–Crippen LogP) is 0.236. The van der Waals surface area contributed by atoms with Crippen LogP contribution in [0.25, 0.3) is 0 Å². The third-order valence-corrected chi connectivity index (χ3v) is 2.19. The molecule has 0 saturated heterocycles. The summed E-state index contributed by atoms with van der Waals surface area (Å²) in [5, 5.41) is 0. The maximum atomic E-state index is 11.0. The number of ether oxygens (including phenoxy) is 1. The number of rotatable bonds is 6. The van der Waals surface area contributed by atoms with Crippen molar-refractivity contribution in [2.75, 3.05) is 13.2 Å². The normalized spacial score (nSPS) is 13.6. The largest absolute Gasteiger partial charge is 0.464 e. The molecule has 0 radical (unpaired) electrons. The molecule has 0 aliphatic rings. The lowest BCUT2D eigenvalue weighted by atomic mass is 10.4. The van der Waals surface area contributed by atoms with Crippen LogP contribution in [0.3, 0.4) is 0 Å². The van der Waals surface area contributed by atoms with Crippen LogP contribution >= 0.6 is 0 Å². The van der Waals surface area contributed by atoms with Crippen molar-refractivity contribution in [2.45, 2.75) is 26.9 Å². The van der Waals surface area contributed by atoms with E-state index >= 15 is 0 Å². The van der Waals surface area contributed by atoms with Gasteiger partial charge in [0.05, 0.1) is 13.2 Å². The Morgan fingerprint density at radius 3 is 2.29 bits per heavy atom. The molecular formula is C7H14O6S. The first-order chi connectivity index (χ1) is 6.43. The SMILES string of the molecule is CCOC(=O)C(C)OS(=O)(=O)OCC. The summed E-state index contributed by atoms with van der Waals surface area (Å²) in [5.41, 5.74) is 0. The molecule has 0 saturated carbocycles. The molecule has 0 amide bonds. The Hall–Kier alpha value is -0.660. The molecule has 0 aliphatic carbocycles. The fourth-order valence-corrected chi connectivity index (χ4v) is 1.42. The Bertz CT molecular complexity index is 270. The zero-order chi connectivity index (χ0) is 11.2. The van der Waals surface area contributed by atoms with E-state index < -0.39 is 22.5 Å². The molecule has 0 aromatic carbocycles. The molecule has 7 heteroatoms. The molecular weight excluding hydrogens is 212 g/mol. The lowest BCUT2D eigenvalue weighted by Crippen LogP contribution is -2.27. The van der Waals surface area contributed by atoms with E-state index in [2.05, 4.69) is 13.1 Å². The summed E-state index contributed by atoms with van der Waals surface area (Å²) in [6.45, 7) is 4.51. The van der Waals surface area contributed by atoms with Crippen LogP contribution < -0.4 is 0 Å². The molecule has 6 nitrogen and oxygen atoms in total. The van der Waals surface area contributed by atoms with Crippen molar-refractivity contribution in [3.05, 3.63) is 0 Å². The number of carbonyl (C=O) groups is 1. The van der Waals surface area contributed by atoms with Gasteiger partial charge in [0, 0.05) is 0 Å². The van der Waals surface area contributed by atoms with Gasteiger partial charge in [0.25, 0.3) is 0 Å². The maximum absolute atomic E-state index is 11.0. The summed E-state index contributed by atoms with van der Waals surface area (Å²) >= 11 is 0. The number of esters is 1. The second kappa shape index (κ2) is 5.94. The number of hydrogen-bond acceptors (Lipinski definition) is 6. The van der Waals surface area contributed by atoms with E-state index in [1.54, 1.807) is 6.92 Å². The summed E-state index contributed by atoms with van der Waals surface area (Å²) < 4.78 is 35.0. The van der Waals surface area contributed by atoms with Crippen LogP contribution in [0.4, 0.5) is 0 Å². The van der Waals surface area contributed by atoms with E-state index in [-0.39, 0.29) is 13.2 Å². The molecule has 84 valence electrons. The van der Waals surface area contributed by atoms with E-state index in [4.69, 9.17) is 0 Å². The summed E-state index contributed by atoms with van der Waals surface area (Å²) in [4.78, 5) is 11.0. The van der Waals surface area contributed by atoms with Crippen LogP contribution in [0.1, 0.15) is 20.8 Å². The molecule has 1 atom stereocenters. The van der Waals surface area contributed by atoms with Gasteiger partial charge in [0.2, 0.25) is 0 Å². The summed E-state index contributed by atoms with van der Waals surface area (Å²) in [5.74, 6) is -0.740. The standard InChI is InChI=1S/C7H14O6S/c1-4-11-7(8)6(3)13-14(9,10)12-5-2/h6H,4-5H2,1-3H3. The van der Waals surface area contributed by atoms with Gasteiger partial charge < -0.3 is 4.74 Å². The molecule has 0 heterocycles. The van der Waals surface area contributed by atoms with Gasteiger partial charge in [-0.05, 0) is 20.8 Å². The van der Waals surface area contributed by atoms with Gasteiger partial charge in [-0.2, -0.15) is 8.42 Å². The quantitative estimate of drug-likeness (QED) is 0.603. The molecule has 1 unspecified atom stereocenters. The van der Waals surface area contributed by atoms with Crippen LogP contribution in [0.15, 0.2) is 0 Å². The average molecular weight is 226 g/mol. The fraction of sp³-hybridized carbons (Fsp3) is 0.857. The van der Waals surface area contributed by atoms with E-state index in [0.717, 1.165) is 0 Å². The maximum Gasteiger partial charge on any atom is 0.400 e. The minimum Gasteiger partial charge on any atom is -0.464 e. The van der Waals surface area contributed by atoms with Gasteiger partial charge in [-0.3, -0.25) is 0 Å². The van der Waals surface area contributed by atoms with Crippen molar-refractivity contribution >= 4 is 16.4 Å². The Morgan fingerprint density at radius 2 is 1.86 bits per heavy atom. The molecule has 0 aromatic heterocycles. The highest BCUT2D eigenvalue weighted by Gasteiger charge is 2.23. The molecule has 0 aromatic rings. The fourth-order valence-electron chi connectivity index (χ4n) is 0.648. The van der Waals surface area contributed by atoms with Gasteiger partial charge in [0.15, 0.2) is 6.10 Å². The Kier molecular flexibility index (Phi) is 5.66. The first-order valence-electron chi connectivity index (χ1n) is 4.17. The van der Waals surface area contributed by atoms with Crippen molar-refractivity contribution in [3.8, 4) is 0 Å². The van der Waals surface area contributed by atoms with Crippen molar-refractivity contribution in [3.63, 3.8) is 0 Å². The monoisotopic (exact) mass is 226 g/mol. The van der Waals surface area contributed by atoms with E-state index in [1.165, 1.54) is 13.8 Å². The molecule has 0 bridgehead atoms. The first-order valence-corrected chi connectivity index (χ1v) is 5.50. The van der Waals surface area contributed by atoms with Crippen molar-refractivity contribution < 1.29 is 26.3 Å². The van der Waals surface area contributed by atoms with Gasteiger partial charge in [-0.25, -0.2) is 13.2 Å². The highest BCUT2D eigenvalue weighted by atomic mass is 32.3. The molecule has 0 spiro atoms. The van der Waals surface area contributed by atoms with Crippen LogP contribution in [-0.4, -0.2) is 33.7 Å². The van der Waals surface area contributed by atoms with E-state index in [0.29, 0.717) is 0 Å². The minimum absolute atomic E-state index is 0.0438. The highest BCUT2D eigenvalue weighted by Crippen LogP contribution is 2.03. The topological polar surface area (TPSA) is 78.9 Å². The van der Waals surface area contributed by atoms with E-state index in [1.807, 2.05) is 0 Å². The van der Waals surface area contributed by atoms with Crippen LogP contribution in [0, 0.1) is 0 Å². The second-order valence-electron chi connectivity index (χ2n) is 2.31. The second-order valence-corrected chi connectivity index (χ2v) is 3.55. The predicted molar refractivity (Wildman–Crippen MR) is 47.7 cm³/mol. The summed E-state index contributed by atoms with van der Waals surface area (Å²) in [6.07, 6.45) is -1.19. The van der Waals surface area contributed by atoms with Crippen molar-refractivity contribution in [1.82, 2.24) is 0 Å². The van der Waals surface area contributed by atoms with Crippen LogP contribution in [-0.2, 0) is 28.3 Å². The van der Waals surface area contributed by atoms with Crippen molar-refractivity contribution in [1.29, 1.82) is 0 Å². The third-order valence-electron chi connectivity index (χ3n) is 1.14. The Labute approximate surface area is 83.5 Å². The Balaban J connectivity index is 4.17. The number of hydrogen-bond donors (Lipinski definition) is 0. The highest BCUT2D eigenvalue weighted by molar-refractivity contribution is 7.81. The molecule has 0 aliphatic heterocycles. The lowest BCUT2D eigenvalue weighted by molar-refractivity contribution is -0.150. The molecule has 14 heavy (non-hydrogen) atoms. The zero-order valence-electron chi connectivity index (χ0n) is 8.35. The van der Waals surface area contributed by atoms with E-state index in [9.17, 15) is 13.2 Å². The number of carbonyl (C=O) groups excluding carboxylic acids is 1.